The first-order valence-electron chi connectivity index (χ1n) is 6.49. The molecule has 2 unspecified atom stereocenters. The fourth-order valence-electron chi connectivity index (χ4n) is 2.68. The molecule has 0 spiro atoms. The van der Waals surface area contributed by atoms with Gasteiger partial charge in [-0.2, -0.15) is 0 Å². The van der Waals surface area contributed by atoms with E-state index in [0.717, 1.165) is 25.3 Å². The maximum Gasteiger partial charge on any atom is 0.124 e. The zero-order chi connectivity index (χ0) is 12.3. The van der Waals surface area contributed by atoms with Crippen LogP contribution < -0.4 is 10.5 Å². The third-order valence-corrected chi connectivity index (χ3v) is 3.49. The fraction of sp³-hybridized carbons (Fsp3) is 0.571. The van der Waals surface area contributed by atoms with Crippen molar-refractivity contribution in [3.05, 3.63) is 29.8 Å². The Kier molecular flexibility index (Phi) is 4.02. The van der Waals surface area contributed by atoms with Gasteiger partial charge in [-0.25, -0.2) is 0 Å². The second-order valence-electron chi connectivity index (χ2n) is 4.50. The number of para-hydroxylation sites is 1. The first-order valence-corrected chi connectivity index (χ1v) is 6.49. The van der Waals surface area contributed by atoms with E-state index in [2.05, 4.69) is 24.0 Å². The quantitative estimate of drug-likeness (QED) is 0.868. The van der Waals surface area contributed by atoms with Crippen molar-refractivity contribution in [3.8, 4) is 5.75 Å². The minimum atomic E-state index is 0.219. The lowest BCUT2D eigenvalue weighted by Gasteiger charge is -2.27. The first kappa shape index (κ1) is 12.4. The molecular formula is C14H22N2O. The van der Waals surface area contributed by atoms with Gasteiger partial charge in [0.1, 0.15) is 5.75 Å². The standard InChI is InChI=1S/C14H22N2O/c1-3-16-10-9-12(15)14(16)11-7-5-6-8-13(11)17-4-2/h5-8,12,14H,3-4,9-10,15H2,1-2H3. The van der Waals surface area contributed by atoms with Gasteiger partial charge in [0.05, 0.1) is 12.6 Å². The minimum Gasteiger partial charge on any atom is -0.494 e. The summed E-state index contributed by atoms with van der Waals surface area (Å²) in [5, 5.41) is 0. The van der Waals surface area contributed by atoms with Gasteiger partial charge in [0.25, 0.3) is 0 Å². The average Bonchev–Trinajstić information content (AvgIpc) is 2.72. The van der Waals surface area contributed by atoms with Crippen LogP contribution in [0.1, 0.15) is 31.9 Å². The molecule has 0 amide bonds. The predicted molar refractivity (Wildman–Crippen MR) is 70.2 cm³/mol. The van der Waals surface area contributed by atoms with Crippen molar-refractivity contribution >= 4 is 0 Å². The molecule has 0 aliphatic carbocycles. The van der Waals surface area contributed by atoms with E-state index in [1.807, 2.05) is 19.1 Å². The van der Waals surface area contributed by atoms with Crippen molar-refractivity contribution < 1.29 is 4.74 Å². The topological polar surface area (TPSA) is 38.5 Å². The number of ether oxygens (including phenoxy) is 1. The molecule has 1 aliphatic heterocycles. The molecule has 1 aromatic rings. The Morgan fingerprint density at radius 3 is 2.82 bits per heavy atom. The van der Waals surface area contributed by atoms with E-state index >= 15 is 0 Å². The van der Waals surface area contributed by atoms with E-state index < -0.39 is 0 Å². The Hall–Kier alpha value is -1.06. The highest BCUT2D eigenvalue weighted by Gasteiger charge is 2.33. The van der Waals surface area contributed by atoms with Crippen molar-refractivity contribution in [1.82, 2.24) is 4.90 Å². The summed E-state index contributed by atoms with van der Waals surface area (Å²) >= 11 is 0. The predicted octanol–water partition coefficient (Wildman–Crippen LogP) is 2.18. The molecule has 0 aromatic heterocycles. The van der Waals surface area contributed by atoms with E-state index in [0.29, 0.717) is 12.6 Å². The van der Waals surface area contributed by atoms with Crippen LogP contribution in [-0.4, -0.2) is 30.6 Å². The third kappa shape index (κ3) is 2.45. The Balaban J connectivity index is 2.31. The van der Waals surface area contributed by atoms with Crippen LogP contribution in [-0.2, 0) is 0 Å². The molecule has 0 bridgehead atoms. The van der Waals surface area contributed by atoms with Crippen molar-refractivity contribution in [2.75, 3.05) is 19.7 Å². The van der Waals surface area contributed by atoms with Crippen molar-refractivity contribution in [2.24, 2.45) is 5.73 Å². The molecule has 1 aromatic carbocycles. The van der Waals surface area contributed by atoms with Crippen LogP contribution in [0.15, 0.2) is 24.3 Å². The van der Waals surface area contributed by atoms with Crippen LogP contribution in [0.4, 0.5) is 0 Å². The normalized spacial score (nSPS) is 25.1. The van der Waals surface area contributed by atoms with Crippen molar-refractivity contribution in [3.63, 3.8) is 0 Å². The molecule has 94 valence electrons. The molecule has 2 N–H and O–H groups in total. The number of hydrogen-bond acceptors (Lipinski definition) is 3. The number of hydrogen-bond donors (Lipinski definition) is 1. The van der Waals surface area contributed by atoms with Gasteiger partial charge in [-0.15, -0.1) is 0 Å². The molecule has 2 atom stereocenters. The summed E-state index contributed by atoms with van der Waals surface area (Å²) in [5.74, 6) is 0.982. The summed E-state index contributed by atoms with van der Waals surface area (Å²) < 4.78 is 5.71. The molecule has 17 heavy (non-hydrogen) atoms. The summed E-state index contributed by atoms with van der Waals surface area (Å²) in [7, 11) is 0. The summed E-state index contributed by atoms with van der Waals surface area (Å²) in [6.45, 7) is 7.03. The van der Waals surface area contributed by atoms with Crippen LogP contribution in [0.2, 0.25) is 0 Å². The molecule has 3 heteroatoms. The van der Waals surface area contributed by atoms with Gasteiger partial charge in [0.2, 0.25) is 0 Å². The highest BCUT2D eigenvalue weighted by molar-refractivity contribution is 5.37. The summed E-state index contributed by atoms with van der Waals surface area (Å²) in [6, 6.07) is 8.79. The molecule has 0 saturated carbocycles. The number of nitrogens with zero attached hydrogens (tertiary/aromatic N) is 1. The average molecular weight is 234 g/mol. The molecular weight excluding hydrogens is 212 g/mol. The third-order valence-electron chi connectivity index (χ3n) is 3.49. The van der Waals surface area contributed by atoms with Gasteiger partial charge in [0, 0.05) is 18.2 Å². The number of likely N-dealkylation sites (N-methyl/N-ethyl adjacent to an activating group) is 1. The number of rotatable bonds is 4. The molecule has 1 saturated heterocycles. The Labute approximate surface area is 104 Å². The number of benzene rings is 1. The van der Waals surface area contributed by atoms with Crippen LogP contribution >= 0.6 is 0 Å². The van der Waals surface area contributed by atoms with Gasteiger partial charge < -0.3 is 10.5 Å². The highest BCUT2D eigenvalue weighted by Crippen LogP contribution is 2.35. The molecule has 1 heterocycles. The maximum absolute atomic E-state index is 6.24. The van der Waals surface area contributed by atoms with E-state index in [1.54, 1.807) is 0 Å². The van der Waals surface area contributed by atoms with Gasteiger partial charge in [-0.1, -0.05) is 25.1 Å². The van der Waals surface area contributed by atoms with Crippen LogP contribution in [0.5, 0.6) is 5.75 Å². The molecule has 0 radical (unpaired) electrons. The van der Waals surface area contributed by atoms with Gasteiger partial charge in [0.15, 0.2) is 0 Å². The zero-order valence-electron chi connectivity index (χ0n) is 10.7. The van der Waals surface area contributed by atoms with E-state index in [1.165, 1.54) is 5.56 Å². The van der Waals surface area contributed by atoms with Gasteiger partial charge in [-0.05, 0) is 26.0 Å². The largest absolute Gasteiger partial charge is 0.494 e. The SMILES string of the molecule is CCOc1ccccc1C1C(N)CCN1CC. The van der Waals surface area contributed by atoms with E-state index in [-0.39, 0.29) is 6.04 Å². The maximum atomic E-state index is 6.24. The van der Waals surface area contributed by atoms with E-state index in [4.69, 9.17) is 10.5 Å². The van der Waals surface area contributed by atoms with Crippen LogP contribution in [0.25, 0.3) is 0 Å². The molecule has 1 fully saturated rings. The lowest BCUT2D eigenvalue weighted by Crippen LogP contribution is -2.32. The minimum absolute atomic E-state index is 0.219. The summed E-state index contributed by atoms with van der Waals surface area (Å²) in [6.07, 6.45) is 1.07. The van der Waals surface area contributed by atoms with Crippen molar-refractivity contribution in [1.29, 1.82) is 0 Å². The van der Waals surface area contributed by atoms with Gasteiger partial charge >= 0.3 is 0 Å². The monoisotopic (exact) mass is 234 g/mol. The fourth-order valence-corrected chi connectivity index (χ4v) is 2.68. The van der Waals surface area contributed by atoms with Crippen molar-refractivity contribution in [2.45, 2.75) is 32.4 Å². The Morgan fingerprint density at radius 1 is 1.35 bits per heavy atom. The number of nitrogens with two attached hydrogens (primary N) is 1. The van der Waals surface area contributed by atoms with Crippen LogP contribution in [0, 0.1) is 0 Å². The highest BCUT2D eigenvalue weighted by atomic mass is 16.5. The van der Waals surface area contributed by atoms with Gasteiger partial charge in [-0.3, -0.25) is 4.90 Å². The molecule has 3 nitrogen and oxygen atoms in total. The lowest BCUT2D eigenvalue weighted by molar-refractivity contribution is 0.249. The number of likely N-dealkylation sites (tertiary alicyclic amines) is 1. The second kappa shape index (κ2) is 5.52. The summed E-state index contributed by atoms with van der Waals surface area (Å²) in [5.41, 5.74) is 7.48. The van der Waals surface area contributed by atoms with E-state index in [9.17, 15) is 0 Å². The molecule has 2 rings (SSSR count). The first-order chi connectivity index (χ1) is 8.27. The smallest absolute Gasteiger partial charge is 0.124 e. The lowest BCUT2D eigenvalue weighted by atomic mass is 10.00. The zero-order valence-corrected chi connectivity index (χ0v) is 10.7. The Morgan fingerprint density at radius 2 is 2.12 bits per heavy atom. The molecule has 1 aliphatic rings. The van der Waals surface area contributed by atoms with Crippen LogP contribution in [0.3, 0.4) is 0 Å². The Bertz CT molecular complexity index is 367. The second-order valence-corrected chi connectivity index (χ2v) is 4.50. The summed E-state index contributed by atoms with van der Waals surface area (Å²) in [4.78, 5) is 2.43.